The smallest absolute Gasteiger partial charge is 0.227 e. The van der Waals surface area contributed by atoms with Gasteiger partial charge < -0.3 is 9.64 Å². The number of hydrogen-bond acceptors (Lipinski definition) is 6. The molecule has 1 fully saturated rings. The third kappa shape index (κ3) is 3.50. The number of anilines is 1. The second-order valence-corrected chi connectivity index (χ2v) is 6.01. The summed E-state index contributed by atoms with van der Waals surface area (Å²) in [4.78, 5) is 10.9. The molecule has 0 spiro atoms. The Morgan fingerprint density at radius 3 is 2.48 bits per heavy atom. The zero-order valence-corrected chi connectivity index (χ0v) is 14.0. The number of aromatic nitrogens is 5. The highest BCUT2D eigenvalue weighted by atomic mass is 16.5. The standard InChI is InChI=1S/C16H24N6O/c1-4-22-15(14-17-8-5-9-18-14)19-20-16(22)21-10-6-13(7-11-21)23-12(2)3/h5,8-9,12-13H,4,6-7,10-11H2,1-3H3. The second-order valence-electron chi connectivity index (χ2n) is 6.01. The fourth-order valence-corrected chi connectivity index (χ4v) is 2.98. The molecular weight excluding hydrogens is 292 g/mol. The average Bonchev–Trinajstić information content (AvgIpc) is 3.00. The van der Waals surface area contributed by atoms with Crippen LogP contribution in [-0.2, 0) is 11.3 Å². The molecule has 0 aliphatic carbocycles. The van der Waals surface area contributed by atoms with Gasteiger partial charge in [0.2, 0.25) is 11.8 Å². The van der Waals surface area contributed by atoms with E-state index in [0.717, 1.165) is 44.2 Å². The number of hydrogen-bond donors (Lipinski definition) is 0. The van der Waals surface area contributed by atoms with E-state index in [1.54, 1.807) is 18.5 Å². The van der Waals surface area contributed by atoms with Crippen molar-refractivity contribution in [1.82, 2.24) is 24.7 Å². The Hall–Kier alpha value is -2.02. The molecule has 0 unspecified atom stereocenters. The minimum absolute atomic E-state index is 0.285. The molecule has 0 amide bonds. The van der Waals surface area contributed by atoms with E-state index in [9.17, 15) is 0 Å². The molecular formula is C16H24N6O. The van der Waals surface area contributed by atoms with E-state index in [2.05, 4.69) is 50.4 Å². The van der Waals surface area contributed by atoms with Crippen LogP contribution in [0.5, 0.6) is 0 Å². The Bertz CT molecular complexity index is 619. The molecule has 124 valence electrons. The quantitative estimate of drug-likeness (QED) is 0.842. The van der Waals surface area contributed by atoms with Crippen molar-refractivity contribution in [3.63, 3.8) is 0 Å². The average molecular weight is 316 g/mol. The van der Waals surface area contributed by atoms with Crippen LogP contribution < -0.4 is 4.90 Å². The van der Waals surface area contributed by atoms with Gasteiger partial charge in [0.1, 0.15) is 0 Å². The summed E-state index contributed by atoms with van der Waals surface area (Å²) >= 11 is 0. The number of piperidine rings is 1. The van der Waals surface area contributed by atoms with Gasteiger partial charge in [-0.1, -0.05) is 0 Å². The lowest BCUT2D eigenvalue weighted by Gasteiger charge is -2.33. The van der Waals surface area contributed by atoms with Crippen molar-refractivity contribution < 1.29 is 4.74 Å². The first-order chi connectivity index (χ1) is 11.2. The monoisotopic (exact) mass is 316 g/mol. The van der Waals surface area contributed by atoms with Crippen LogP contribution in [0.15, 0.2) is 18.5 Å². The van der Waals surface area contributed by atoms with Gasteiger partial charge in [-0.2, -0.15) is 0 Å². The number of ether oxygens (including phenoxy) is 1. The SMILES string of the molecule is CCn1c(-c2ncccn2)nnc1N1CCC(OC(C)C)CC1. The van der Waals surface area contributed by atoms with E-state index >= 15 is 0 Å². The largest absolute Gasteiger partial charge is 0.375 e. The van der Waals surface area contributed by atoms with Gasteiger partial charge in [-0.15, -0.1) is 10.2 Å². The molecule has 1 aliphatic heterocycles. The van der Waals surface area contributed by atoms with E-state index in [-0.39, 0.29) is 6.10 Å². The first-order valence-electron chi connectivity index (χ1n) is 8.30. The van der Waals surface area contributed by atoms with Crippen molar-refractivity contribution in [1.29, 1.82) is 0 Å². The fraction of sp³-hybridized carbons (Fsp3) is 0.625. The van der Waals surface area contributed by atoms with Crippen LogP contribution >= 0.6 is 0 Å². The lowest BCUT2D eigenvalue weighted by molar-refractivity contribution is -0.00496. The zero-order valence-electron chi connectivity index (χ0n) is 14.0. The maximum Gasteiger partial charge on any atom is 0.227 e. The topological polar surface area (TPSA) is 69.0 Å². The molecule has 2 aromatic heterocycles. The van der Waals surface area contributed by atoms with Gasteiger partial charge in [0.05, 0.1) is 12.2 Å². The van der Waals surface area contributed by atoms with Gasteiger partial charge in [0.15, 0.2) is 5.82 Å². The summed E-state index contributed by atoms with van der Waals surface area (Å²) in [7, 11) is 0. The van der Waals surface area contributed by atoms with Gasteiger partial charge >= 0.3 is 0 Å². The predicted octanol–water partition coefficient (Wildman–Crippen LogP) is 2.15. The van der Waals surface area contributed by atoms with Crippen LogP contribution in [0.1, 0.15) is 33.6 Å². The van der Waals surface area contributed by atoms with Gasteiger partial charge in [-0.3, -0.25) is 4.57 Å². The highest BCUT2D eigenvalue weighted by Gasteiger charge is 2.25. The summed E-state index contributed by atoms with van der Waals surface area (Å²) in [5.74, 6) is 2.24. The number of rotatable bonds is 5. The highest BCUT2D eigenvalue weighted by Crippen LogP contribution is 2.24. The maximum absolute atomic E-state index is 5.92. The summed E-state index contributed by atoms with van der Waals surface area (Å²) in [6.45, 7) is 8.93. The zero-order chi connectivity index (χ0) is 16.2. The molecule has 0 N–H and O–H groups in total. The van der Waals surface area contributed by atoms with Gasteiger partial charge in [0, 0.05) is 32.0 Å². The van der Waals surface area contributed by atoms with Crippen molar-refractivity contribution in [2.75, 3.05) is 18.0 Å². The van der Waals surface area contributed by atoms with Crippen LogP contribution in [0.2, 0.25) is 0 Å². The first kappa shape index (κ1) is 15.9. The Labute approximate surface area is 136 Å². The normalized spacial score (nSPS) is 16.3. The summed E-state index contributed by atoms with van der Waals surface area (Å²) < 4.78 is 8.00. The lowest BCUT2D eigenvalue weighted by atomic mass is 10.1. The van der Waals surface area contributed by atoms with Crippen molar-refractivity contribution in [3.8, 4) is 11.6 Å². The highest BCUT2D eigenvalue weighted by molar-refractivity contribution is 5.48. The van der Waals surface area contributed by atoms with E-state index in [0.29, 0.717) is 11.9 Å². The maximum atomic E-state index is 5.92. The molecule has 0 atom stereocenters. The van der Waals surface area contributed by atoms with Gasteiger partial charge in [0.25, 0.3) is 0 Å². The van der Waals surface area contributed by atoms with Crippen molar-refractivity contribution in [2.45, 2.75) is 52.4 Å². The third-order valence-corrected chi connectivity index (χ3v) is 4.00. The van der Waals surface area contributed by atoms with Crippen LogP contribution in [0, 0.1) is 0 Å². The summed E-state index contributed by atoms with van der Waals surface area (Å²) in [5, 5.41) is 8.71. The molecule has 0 saturated carbocycles. The van der Waals surface area contributed by atoms with Crippen molar-refractivity contribution in [3.05, 3.63) is 18.5 Å². The minimum atomic E-state index is 0.285. The molecule has 7 heteroatoms. The Kier molecular flexibility index (Phi) is 4.85. The van der Waals surface area contributed by atoms with Gasteiger partial charge in [-0.05, 0) is 39.7 Å². The molecule has 0 bridgehead atoms. The molecule has 0 aromatic carbocycles. The molecule has 3 rings (SSSR count). The van der Waals surface area contributed by atoms with Gasteiger partial charge in [-0.25, -0.2) is 9.97 Å². The van der Waals surface area contributed by atoms with Crippen LogP contribution in [0.3, 0.4) is 0 Å². The Balaban J connectivity index is 1.76. The van der Waals surface area contributed by atoms with Crippen LogP contribution in [0.4, 0.5) is 5.95 Å². The second kappa shape index (κ2) is 7.04. The van der Waals surface area contributed by atoms with E-state index in [1.807, 2.05) is 0 Å². The minimum Gasteiger partial charge on any atom is -0.375 e. The molecule has 3 heterocycles. The van der Waals surface area contributed by atoms with E-state index < -0.39 is 0 Å². The van der Waals surface area contributed by atoms with E-state index in [1.165, 1.54) is 0 Å². The molecule has 7 nitrogen and oxygen atoms in total. The molecule has 1 aliphatic rings. The molecule has 23 heavy (non-hydrogen) atoms. The van der Waals surface area contributed by atoms with E-state index in [4.69, 9.17) is 4.74 Å². The summed E-state index contributed by atoms with van der Waals surface area (Å²) in [6, 6.07) is 1.80. The number of nitrogens with zero attached hydrogens (tertiary/aromatic N) is 6. The van der Waals surface area contributed by atoms with Crippen molar-refractivity contribution in [2.24, 2.45) is 0 Å². The van der Waals surface area contributed by atoms with Crippen LogP contribution in [-0.4, -0.2) is 50.0 Å². The van der Waals surface area contributed by atoms with Crippen molar-refractivity contribution >= 4 is 5.95 Å². The third-order valence-electron chi connectivity index (χ3n) is 4.00. The summed E-state index contributed by atoms with van der Waals surface area (Å²) in [5.41, 5.74) is 0. The lowest BCUT2D eigenvalue weighted by Crippen LogP contribution is -2.39. The Morgan fingerprint density at radius 2 is 1.87 bits per heavy atom. The molecule has 1 saturated heterocycles. The summed E-state index contributed by atoms with van der Waals surface area (Å²) in [6.07, 6.45) is 6.13. The van der Waals surface area contributed by atoms with Crippen LogP contribution in [0.25, 0.3) is 11.6 Å². The molecule has 0 radical (unpaired) electrons. The Morgan fingerprint density at radius 1 is 1.17 bits per heavy atom. The predicted molar refractivity (Wildman–Crippen MR) is 88.2 cm³/mol. The fourth-order valence-electron chi connectivity index (χ4n) is 2.98. The first-order valence-corrected chi connectivity index (χ1v) is 8.30. The molecule has 2 aromatic rings.